The first-order valence-corrected chi connectivity index (χ1v) is 11.6. The van der Waals surface area contributed by atoms with Crippen LogP contribution in [0, 0.1) is 16.0 Å². The van der Waals surface area contributed by atoms with Crippen molar-refractivity contribution in [2.75, 3.05) is 7.11 Å². The van der Waals surface area contributed by atoms with Crippen LogP contribution in [0.5, 0.6) is 5.75 Å². The van der Waals surface area contributed by atoms with Gasteiger partial charge in [0.05, 0.1) is 18.1 Å². The van der Waals surface area contributed by atoms with Gasteiger partial charge in [-0.15, -0.1) is 0 Å². The van der Waals surface area contributed by atoms with Crippen LogP contribution in [0.25, 0.3) is 0 Å². The van der Waals surface area contributed by atoms with Gasteiger partial charge in [0.1, 0.15) is 11.7 Å². The minimum Gasteiger partial charge on any atom is -0.497 e. The highest BCUT2D eigenvalue weighted by atomic mass is 16.6. The fourth-order valence-corrected chi connectivity index (χ4v) is 4.95. The number of Topliss-reactive ketones (excluding diaryl/α,β-unsaturated/α-hetero) is 1. The normalized spacial score (nSPS) is 21.9. The zero-order valence-electron chi connectivity index (χ0n) is 20.2. The van der Waals surface area contributed by atoms with Gasteiger partial charge in [0, 0.05) is 41.5 Å². The third-order valence-electron chi connectivity index (χ3n) is 6.54. The zero-order valence-corrected chi connectivity index (χ0v) is 20.2. The molecule has 1 unspecified atom stereocenters. The summed E-state index contributed by atoms with van der Waals surface area (Å²) in [6, 6.07) is 13.7. The number of esters is 1. The lowest BCUT2D eigenvalue weighted by Crippen LogP contribution is -2.38. The van der Waals surface area contributed by atoms with Crippen molar-refractivity contribution in [3.05, 3.63) is 81.0 Å². The number of carbonyl (C=O) groups excluding carboxylic acids is 2. The summed E-state index contributed by atoms with van der Waals surface area (Å²) >= 11 is 0. The Labute approximate surface area is 203 Å². The molecular formula is C27H28N2O6. The Morgan fingerprint density at radius 1 is 1.06 bits per heavy atom. The smallest absolute Gasteiger partial charge is 0.315 e. The van der Waals surface area contributed by atoms with Gasteiger partial charge in [-0.1, -0.05) is 24.3 Å². The number of nitro groups is 1. The Kier molecular flexibility index (Phi) is 6.82. The summed E-state index contributed by atoms with van der Waals surface area (Å²) in [4.78, 5) is 42.2. The maximum atomic E-state index is 13.6. The van der Waals surface area contributed by atoms with E-state index < -0.39 is 22.7 Å². The molecule has 2 aliphatic rings. The lowest BCUT2D eigenvalue weighted by molar-refractivity contribution is -0.384. The van der Waals surface area contributed by atoms with E-state index in [0.29, 0.717) is 29.0 Å². The number of non-ortho nitro benzene ring substituents is 1. The van der Waals surface area contributed by atoms with Crippen molar-refractivity contribution in [2.45, 2.75) is 51.6 Å². The number of nitrogens with zero attached hydrogens (tertiary/aromatic N) is 2. The van der Waals surface area contributed by atoms with E-state index in [1.807, 2.05) is 24.3 Å². The fourth-order valence-electron chi connectivity index (χ4n) is 4.95. The molecule has 182 valence electrons. The maximum absolute atomic E-state index is 13.6. The third-order valence-corrected chi connectivity index (χ3v) is 6.54. The van der Waals surface area contributed by atoms with E-state index >= 15 is 0 Å². The maximum Gasteiger partial charge on any atom is 0.315 e. The molecule has 4 rings (SSSR count). The van der Waals surface area contributed by atoms with Crippen LogP contribution < -0.4 is 4.74 Å². The molecule has 0 N–H and O–H groups in total. The summed E-state index contributed by atoms with van der Waals surface area (Å²) in [6.07, 6.45) is 0.514. The van der Waals surface area contributed by atoms with Gasteiger partial charge in [-0.25, -0.2) is 0 Å². The summed E-state index contributed by atoms with van der Waals surface area (Å²) in [5.74, 6) is -1.22. The van der Waals surface area contributed by atoms with Crippen molar-refractivity contribution in [1.82, 2.24) is 0 Å². The van der Waals surface area contributed by atoms with Crippen LogP contribution in [-0.2, 0) is 14.3 Å². The standard InChI is InChI=1S/C27H28N2O6/c1-15(2)35-27(31)24-16(3)28-22-13-19(17-7-11-21(34-4)12-8-17)14-23(30)26(22)25(24)18-5-9-20(10-6-18)29(32)33/h5-12,15,19,24-25H,13-14H2,1-4H3/t19-,24?,25-/m1/s1. The van der Waals surface area contributed by atoms with Crippen LogP contribution in [-0.4, -0.2) is 35.6 Å². The summed E-state index contributed by atoms with van der Waals surface area (Å²) in [6.45, 7) is 5.31. The number of hydrogen-bond donors (Lipinski definition) is 0. The lowest BCUT2D eigenvalue weighted by atomic mass is 9.69. The molecule has 2 aromatic carbocycles. The van der Waals surface area contributed by atoms with Crippen molar-refractivity contribution < 1.29 is 24.0 Å². The molecule has 0 spiro atoms. The summed E-state index contributed by atoms with van der Waals surface area (Å²) in [5.41, 5.74) is 3.35. The van der Waals surface area contributed by atoms with Gasteiger partial charge in [0.15, 0.2) is 5.78 Å². The first-order chi connectivity index (χ1) is 16.7. The number of benzene rings is 2. The molecule has 1 aliphatic heterocycles. The largest absolute Gasteiger partial charge is 0.497 e. The first kappa shape index (κ1) is 24.3. The molecule has 8 nitrogen and oxygen atoms in total. The lowest BCUT2D eigenvalue weighted by Gasteiger charge is -2.36. The Balaban J connectivity index is 1.77. The molecule has 0 radical (unpaired) electrons. The van der Waals surface area contributed by atoms with Crippen molar-refractivity contribution in [2.24, 2.45) is 10.9 Å². The Morgan fingerprint density at radius 3 is 2.26 bits per heavy atom. The minimum atomic E-state index is -0.779. The number of hydrogen-bond acceptors (Lipinski definition) is 7. The molecule has 35 heavy (non-hydrogen) atoms. The summed E-state index contributed by atoms with van der Waals surface area (Å²) in [7, 11) is 1.61. The molecular weight excluding hydrogens is 448 g/mol. The molecule has 0 amide bonds. The van der Waals surface area contributed by atoms with E-state index in [4.69, 9.17) is 14.5 Å². The Morgan fingerprint density at radius 2 is 1.69 bits per heavy atom. The average molecular weight is 477 g/mol. The fraction of sp³-hybridized carbons (Fsp3) is 0.370. The highest BCUT2D eigenvalue weighted by Crippen LogP contribution is 2.47. The highest BCUT2D eigenvalue weighted by molar-refractivity contribution is 6.09. The topological polar surface area (TPSA) is 108 Å². The third kappa shape index (κ3) is 4.87. The molecule has 3 atom stereocenters. The summed E-state index contributed by atoms with van der Waals surface area (Å²) in [5, 5.41) is 11.2. The number of allylic oxidation sites excluding steroid dienone is 2. The van der Waals surface area contributed by atoms with Crippen molar-refractivity contribution >= 4 is 23.2 Å². The average Bonchev–Trinajstić information content (AvgIpc) is 2.82. The first-order valence-electron chi connectivity index (χ1n) is 11.6. The van der Waals surface area contributed by atoms with Gasteiger partial charge in [0.25, 0.3) is 5.69 Å². The van der Waals surface area contributed by atoms with Crippen molar-refractivity contribution in [3.63, 3.8) is 0 Å². The van der Waals surface area contributed by atoms with E-state index in [1.165, 1.54) is 12.1 Å². The number of nitro benzene ring substituents is 1. The highest BCUT2D eigenvalue weighted by Gasteiger charge is 2.45. The second kappa shape index (κ2) is 9.82. The van der Waals surface area contributed by atoms with E-state index in [-0.39, 0.29) is 29.9 Å². The van der Waals surface area contributed by atoms with E-state index in [0.717, 1.165) is 11.3 Å². The Bertz CT molecular complexity index is 1210. The van der Waals surface area contributed by atoms with Crippen LogP contribution in [0.2, 0.25) is 0 Å². The number of ketones is 1. The number of methoxy groups -OCH3 is 1. The second-order valence-electron chi connectivity index (χ2n) is 9.20. The van der Waals surface area contributed by atoms with E-state index in [1.54, 1.807) is 40.0 Å². The molecule has 2 aromatic rings. The molecule has 0 bridgehead atoms. The van der Waals surface area contributed by atoms with Crippen LogP contribution in [0.4, 0.5) is 5.69 Å². The van der Waals surface area contributed by atoms with E-state index in [2.05, 4.69) is 0 Å². The molecule has 1 aliphatic carbocycles. The molecule has 0 fully saturated rings. The predicted octanol–water partition coefficient (Wildman–Crippen LogP) is 5.13. The molecule has 0 saturated heterocycles. The number of ether oxygens (including phenoxy) is 2. The quantitative estimate of drug-likeness (QED) is 0.325. The van der Waals surface area contributed by atoms with Gasteiger partial charge in [-0.05, 0) is 56.4 Å². The SMILES string of the molecule is COc1ccc([C@H]2CC(=O)C3=C(C2)N=C(C)C(C(=O)OC(C)C)[C@H]3c2ccc([N+](=O)[O-])cc2)cc1. The number of carbonyl (C=O) groups is 2. The van der Waals surface area contributed by atoms with E-state index in [9.17, 15) is 19.7 Å². The molecule has 0 aromatic heterocycles. The van der Waals surface area contributed by atoms with Crippen molar-refractivity contribution in [3.8, 4) is 5.75 Å². The van der Waals surface area contributed by atoms with Crippen LogP contribution in [0.3, 0.4) is 0 Å². The molecule has 1 heterocycles. The minimum absolute atomic E-state index is 0.0413. The zero-order chi connectivity index (χ0) is 25.3. The molecule has 0 saturated carbocycles. The van der Waals surface area contributed by atoms with Crippen molar-refractivity contribution in [1.29, 1.82) is 0 Å². The van der Waals surface area contributed by atoms with Crippen LogP contribution in [0.1, 0.15) is 56.6 Å². The van der Waals surface area contributed by atoms with Gasteiger partial charge < -0.3 is 9.47 Å². The number of rotatable bonds is 6. The van der Waals surface area contributed by atoms with Crippen LogP contribution in [0.15, 0.2) is 64.8 Å². The Hall–Kier alpha value is -3.81. The summed E-state index contributed by atoms with van der Waals surface area (Å²) < 4.78 is 10.8. The number of aliphatic imine (C=N–C) groups is 1. The monoisotopic (exact) mass is 476 g/mol. The van der Waals surface area contributed by atoms with Gasteiger partial charge in [-0.3, -0.25) is 24.7 Å². The van der Waals surface area contributed by atoms with Gasteiger partial charge >= 0.3 is 5.97 Å². The van der Waals surface area contributed by atoms with Gasteiger partial charge in [-0.2, -0.15) is 0 Å². The second-order valence-corrected chi connectivity index (χ2v) is 9.20. The van der Waals surface area contributed by atoms with Gasteiger partial charge in [0.2, 0.25) is 0 Å². The molecule has 8 heteroatoms. The predicted molar refractivity (Wildman–Crippen MR) is 131 cm³/mol. The van der Waals surface area contributed by atoms with Crippen LogP contribution >= 0.6 is 0 Å².